The van der Waals surface area contributed by atoms with Crippen molar-refractivity contribution in [3.05, 3.63) is 102 Å². The van der Waals surface area contributed by atoms with Crippen molar-refractivity contribution < 1.29 is 13.9 Å². The highest BCUT2D eigenvalue weighted by Crippen LogP contribution is 2.39. The van der Waals surface area contributed by atoms with Crippen molar-refractivity contribution in [2.24, 2.45) is 0 Å². The van der Waals surface area contributed by atoms with Crippen molar-refractivity contribution in [3.8, 4) is 11.6 Å². The molecule has 0 radical (unpaired) electrons. The summed E-state index contributed by atoms with van der Waals surface area (Å²) in [4.78, 5) is 14.5. The molecular formula is C25H21FN2O2S. The smallest absolute Gasteiger partial charge is 0.317 e. The molecule has 0 aliphatic carbocycles. The lowest BCUT2D eigenvalue weighted by atomic mass is 10.1. The number of halogens is 1. The first kappa shape index (κ1) is 20.9. The highest BCUT2D eigenvalue weighted by molar-refractivity contribution is 7.99. The number of hydrogen-bond acceptors (Lipinski definition) is 4. The van der Waals surface area contributed by atoms with E-state index >= 15 is 0 Å². The van der Waals surface area contributed by atoms with Crippen LogP contribution in [0.5, 0.6) is 5.88 Å². The van der Waals surface area contributed by atoms with Gasteiger partial charge in [-0.2, -0.15) is 9.78 Å². The van der Waals surface area contributed by atoms with Crippen LogP contribution in [0, 0.1) is 19.7 Å². The van der Waals surface area contributed by atoms with E-state index in [1.54, 1.807) is 16.8 Å². The van der Waals surface area contributed by atoms with Crippen molar-refractivity contribution in [3.63, 3.8) is 0 Å². The number of aromatic nitrogens is 2. The lowest BCUT2D eigenvalue weighted by Crippen LogP contribution is -2.14. The Morgan fingerprint density at radius 1 is 0.968 bits per heavy atom. The molecule has 6 heteroatoms. The predicted octanol–water partition coefficient (Wildman–Crippen LogP) is 5.93. The summed E-state index contributed by atoms with van der Waals surface area (Å²) in [6, 6.07) is 23.5. The second-order valence-electron chi connectivity index (χ2n) is 7.16. The van der Waals surface area contributed by atoms with E-state index in [0.29, 0.717) is 11.4 Å². The fourth-order valence-corrected chi connectivity index (χ4v) is 3.99. The molecule has 3 aromatic carbocycles. The maximum Gasteiger partial charge on any atom is 0.317 e. The normalized spacial score (nSPS) is 10.8. The molecule has 4 rings (SSSR count). The fourth-order valence-electron chi connectivity index (χ4n) is 3.08. The minimum atomic E-state index is -0.436. The molecule has 0 unspecified atom stereocenters. The summed E-state index contributed by atoms with van der Waals surface area (Å²) >= 11 is 1.51. The molecule has 1 aromatic heterocycles. The molecule has 0 aliphatic heterocycles. The maximum atomic E-state index is 13.2. The number of carbonyl (C=O) groups excluding carboxylic acids is 1. The number of ether oxygens (including phenoxy) is 1. The number of benzene rings is 3. The van der Waals surface area contributed by atoms with Crippen LogP contribution in [0.4, 0.5) is 4.39 Å². The van der Waals surface area contributed by atoms with E-state index in [9.17, 15) is 9.18 Å². The Morgan fingerprint density at radius 3 is 2.32 bits per heavy atom. The maximum absolute atomic E-state index is 13.2. The van der Waals surface area contributed by atoms with Crippen molar-refractivity contribution in [2.45, 2.75) is 30.1 Å². The van der Waals surface area contributed by atoms with Crippen LogP contribution in [-0.4, -0.2) is 15.7 Å². The minimum Gasteiger partial charge on any atom is -0.406 e. The quantitative estimate of drug-likeness (QED) is 0.354. The van der Waals surface area contributed by atoms with Gasteiger partial charge < -0.3 is 4.74 Å². The van der Waals surface area contributed by atoms with Crippen molar-refractivity contribution in [2.75, 3.05) is 0 Å². The Hall–Kier alpha value is -3.38. The molecule has 0 bridgehead atoms. The standard InChI is InChI=1S/C25H21FN2O2S/c1-17-8-14-22(15-9-17)31-24-18(2)27-28(21-6-4-3-5-7-21)25(24)30-23(29)16-19-10-12-20(26)13-11-19/h3-15H,16H2,1-2H3. The van der Waals surface area contributed by atoms with Crippen LogP contribution in [0.1, 0.15) is 16.8 Å². The van der Waals surface area contributed by atoms with E-state index in [1.807, 2.05) is 68.4 Å². The van der Waals surface area contributed by atoms with Gasteiger partial charge in [0.2, 0.25) is 5.88 Å². The van der Waals surface area contributed by atoms with Gasteiger partial charge in [-0.3, -0.25) is 4.79 Å². The first-order valence-electron chi connectivity index (χ1n) is 9.84. The van der Waals surface area contributed by atoms with E-state index in [0.717, 1.165) is 21.2 Å². The van der Waals surface area contributed by atoms with Crippen LogP contribution < -0.4 is 4.74 Å². The van der Waals surface area contributed by atoms with Gasteiger partial charge in [0.25, 0.3) is 0 Å². The summed E-state index contributed by atoms with van der Waals surface area (Å²) in [5.74, 6) is -0.400. The Bertz CT molecular complexity index is 1190. The van der Waals surface area contributed by atoms with Gasteiger partial charge in [-0.05, 0) is 55.8 Å². The summed E-state index contributed by atoms with van der Waals surface area (Å²) in [6.45, 7) is 3.93. The van der Waals surface area contributed by atoms with E-state index in [4.69, 9.17) is 4.74 Å². The Morgan fingerprint density at radius 2 is 1.65 bits per heavy atom. The number of carbonyl (C=O) groups is 1. The average molecular weight is 433 g/mol. The summed E-state index contributed by atoms with van der Waals surface area (Å²) in [6.07, 6.45) is 0.0357. The molecular weight excluding hydrogens is 411 g/mol. The van der Waals surface area contributed by atoms with Crippen LogP contribution in [-0.2, 0) is 11.2 Å². The molecule has 0 aliphatic rings. The van der Waals surface area contributed by atoms with Crippen LogP contribution in [0.25, 0.3) is 5.69 Å². The SMILES string of the molecule is Cc1ccc(Sc2c(C)nn(-c3ccccc3)c2OC(=O)Cc2ccc(F)cc2)cc1. The molecule has 31 heavy (non-hydrogen) atoms. The number of rotatable bonds is 6. The fraction of sp³-hybridized carbons (Fsp3) is 0.120. The Balaban J connectivity index is 1.67. The van der Waals surface area contributed by atoms with Crippen LogP contribution in [0.15, 0.2) is 88.7 Å². The van der Waals surface area contributed by atoms with Gasteiger partial charge in [0, 0.05) is 4.90 Å². The van der Waals surface area contributed by atoms with Gasteiger partial charge in [0.05, 0.1) is 22.7 Å². The zero-order valence-corrected chi connectivity index (χ0v) is 18.0. The van der Waals surface area contributed by atoms with Crippen molar-refractivity contribution in [1.82, 2.24) is 9.78 Å². The largest absolute Gasteiger partial charge is 0.406 e. The molecule has 1 heterocycles. The van der Waals surface area contributed by atoms with Gasteiger partial charge in [-0.15, -0.1) is 0 Å². The van der Waals surface area contributed by atoms with E-state index in [1.165, 1.54) is 29.5 Å². The molecule has 0 saturated carbocycles. The zero-order valence-electron chi connectivity index (χ0n) is 17.2. The average Bonchev–Trinajstić information content (AvgIpc) is 3.07. The molecule has 0 saturated heterocycles. The number of nitrogens with zero attached hydrogens (tertiary/aromatic N) is 2. The number of hydrogen-bond donors (Lipinski definition) is 0. The lowest BCUT2D eigenvalue weighted by Gasteiger charge is -2.10. The Kier molecular flexibility index (Phi) is 6.18. The molecule has 4 aromatic rings. The first-order chi connectivity index (χ1) is 15.0. The molecule has 0 atom stereocenters. The van der Waals surface area contributed by atoms with Gasteiger partial charge in [0.1, 0.15) is 5.82 Å². The molecule has 0 N–H and O–H groups in total. The Labute approximate surface area is 184 Å². The van der Waals surface area contributed by atoms with E-state index < -0.39 is 5.97 Å². The third-order valence-electron chi connectivity index (χ3n) is 4.68. The second kappa shape index (κ2) is 9.18. The summed E-state index contributed by atoms with van der Waals surface area (Å²) in [5.41, 5.74) is 3.42. The third kappa shape index (κ3) is 5.03. The molecule has 0 amide bonds. The van der Waals surface area contributed by atoms with Crippen molar-refractivity contribution >= 4 is 17.7 Å². The van der Waals surface area contributed by atoms with Gasteiger partial charge in [-0.25, -0.2) is 4.39 Å². The topological polar surface area (TPSA) is 44.1 Å². The zero-order chi connectivity index (χ0) is 21.8. The molecule has 4 nitrogen and oxygen atoms in total. The van der Waals surface area contributed by atoms with Gasteiger partial charge >= 0.3 is 5.97 Å². The molecule has 0 spiro atoms. The summed E-state index contributed by atoms with van der Waals surface area (Å²) < 4.78 is 20.6. The van der Waals surface area contributed by atoms with Gasteiger partial charge in [0.15, 0.2) is 0 Å². The van der Waals surface area contributed by atoms with E-state index in [2.05, 4.69) is 5.10 Å². The molecule has 156 valence electrons. The number of para-hydroxylation sites is 1. The highest BCUT2D eigenvalue weighted by atomic mass is 32.2. The van der Waals surface area contributed by atoms with E-state index in [-0.39, 0.29) is 12.2 Å². The first-order valence-corrected chi connectivity index (χ1v) is 10.7. The molecule has 0 fully saturated rings. The van der Waals surface area contributed by atoms with Crippen LogP contribution in [0.3, 0.4) is 0 Å². The summed E-state index contributed by atoms with van der Waals surface area (Å²) in [7, 11) is 0. The van der Waals surface area contributed by atoms with Crippen LogP contribution in [0.2, 0.25) is 0 Å². The highest BCUT2D eigenvalue weighted by Gasteiger charge is 2.22. The number of esters is 1. The second-order valence-corrected chi connectivity index (χ2v) is 8.24. The van der Waals surface area contributed by atoms with Gasteiger partial charge in [-0.1, -0.05) is 59.8 Å². The summed E-state index contributed by atoms with van der Waals surface area (Å²) in [5, 5.41) is 4.64. The predicted molar refractivity (Wildman–Crippen MR) is 119 cm³/mol. The minimum absolute atomic E-state index is 0.0357. The third-order valence-corrected chi connectivity index (χ3v) is 5.86. The number of aryl methyl sites for hydroxylation is 2. The van der Waals surface area contributed by atoms with Crippen LogP contribution >= 0.6 is 11.8 Å². The van der Waals surface area contributed by atoms with Crippen molar-refractivity contribution in [1.29, 1.82) is 0 Å². The monoisotopic (exact) mass is 432 g/mol. The lowest BCUT2D eigenvalue weighted by molar-refractivity contribution is -0.134.